The van der Waals surface area contributed by atoms with Crippen molar-refractivity contribution in [3.8, 4) is 28.4 Å². The molecular formula is C37H39BN8O3. The van der Waals surface area contributed by atoms with Gasteiger partial charge in [-0.05, 0) is 109 Å². The van der Waals surface area contributed by atoms with Gasteiger partial charge in [0.2, 0.25) is 0 Å². The number of carbonyl (C=O) groups excluding carboxylic acids is 1. The minimum absolute atomic E-state index is 0.0830. The van der Waals surface area contributed by atoms with E-state index in [0.29, 0.717) is 17.9 Å². The summed E-state index contributed by atoms with van der Waals surface area (Å²) in [6, 6.07) is 26.9. The molecule has 5 N–H and O–H groups in total. The number of benzene rings is 2. The maximum Gasteiger partial charge on any atom is 0.488 e. The van der Waals surface area contributed by atoms with E-state index in [2.05, 4.69) is 32.5 Å². The fourth-order valence-corrected chi connectivity index (χ4v) is 5.97. The Kier molecular flexibility index (Phi) is 11.5. The highest BCUT2D eigenvalue weighted by Gasteiger charge is 2.43. The third-order valence-electron chi connectivity index (χ3n) is 8.41. The molecule has 2 aliphatic heterocycles. The lowest BCUT2D eigenvalue weighted by molar-refractivity contribution is 0.204. The SMILES string of the molecule is Cc1cc(-c2cccc(N)c2)ccn1.Cc1cc(-c2cccc(NC(=O)N3CC[C@@H]4CN(C#N)C[C@@H]43)c2)ccn1.OB(O)c1ccncc1. The van der Waals surface area contributed by atoms with Gasteiger partial charge >= 0.3 is 13.1 Å². The van der Waals surface area contributed by atoms with Gasteiger partial charge < -0.3 is 30.9 Å². The number of likely N-dealkylation sites (tertiary alicyclic amines) is 2. The molecule has 5 heterocycles. The molecule has 0 unspecified atom stereocenters. The molecule has 49 heavy (non-hydrogen) atoms. The van der Waals surface area contributed by atoms with Crippen molar-refractivity contribution >= 4 is 30.0 Å². The lowest BCUT2D eigenvalue weighted by Gasteiger charge is -2.24. The van der Waals surface area contributed by atoms with Gasteiger partial charge in [0.05, 0.1) is 6.04 Å². The summed E-state index contributed by atoms with van der Waals surface area (Å²) in [7, 11) is -1.38. The number of amides is 2. The molecule has 0 saturated carbocycles. The predicted octanol–water partition coefficient (Wildman–Crippen LogP) is 4.48. The van der Waals surface area contributed by atoms with Crippen molar-refractivity contribution in [2.24, 2.45) is 5.92 Å². The topological polar surface area (TPSA) is 165 Å². The quantitative estimate of drug-likeness (QED) is 0.124. The van der Waals surface area contributed by atoms with E-state index in [1.165, 1.54) is 12.4 Å². The highest BCUT2D eigenvalue weighted by Crippen LogP contribution is 2.32. The highest BCUT2D eigenvalue weighted by atomic mass is 16.4. The van der Waals surface area contributed by atoms with Gasteiger partial charge in [-0.25, -0.2) is 4.79 Å². The second-order valence-corrected chi connectivity index (χ2v) is 12.0. The Morgan fingerprint density at radius 1 is 0.857 bits per heavy atom. The summed E-state index contributed by atoms with van der Waals surface area (Å²) in [5, 5.41) is 29.2. The molecule has 2 fully saturated rings. The minimum atomic E-state index is -1.38. The lowest BCUT2D eigenvalue weighted by Crippen LogP contribution is -2.41. The molecule has 5 aromatic rings. The summed E-state index contributed by atoms with van der Waals surface area (Å²) in [4.78, 5) is 28.5. The van der Waals surface area contributed by atoms with Crippen molar-refractivity contribution in [1.82, 2.24) is 24.8 Å². The van der Waals surface area contributed by atoms with E-state index < -0.39 is 7.12 Å². The van der Waals surface area contributed by atoms with Crippen LogP contribution in [0.25, 0.3) is 22.3 Å². The maximum absolute atomic E-state index is 12.8. The number of nitriles is 1. The van der Waals surface area contributed by atoms with Crippen LogP contribution in [0.15, 0.2) is 110 Å². The Morgan fingerprint density at radius 3 is 2.04 bits per heavy atom. The van der Waals surface area contributed by atoms with Crippen LogP contribution < -0.4 is 16.5 Å². The first-order chi connectivity index (χ1) is 23.7. The van der Waals surface area contributed by atoms with E-state index >= 15 is 0 Å². The molecule has 2 aromatic carbocycles. The lowest BCUT2D eigenvalue weighted by atomic mass is 9.81. The molecule has 0 aliphatic carbocycles. The van der Waals surface area contributed by atoms with Crippen LogP contribution in [0, 0.1) is 31.2 Å². The van der Waals surface area contributed by atoms with Crippen LogP contribution in [0.5, 0.6) is 0 Å². The van der Waals surface area contributed by atoms with Crippen molar-refractivity contribution in [2.75, 3.05) is 30.7 Å². The van der Waals surface area contributed by atoms with Gasteiger partial charge in [-0.2, -0.15) is 5.26 Å². The molecule has 2 aliphatic rings. The predicted molar refractivity (Wildman–Crippen MR) is 192 cm³/mol. The zero-order chi connectivity index (χ0) is 34.8. The molecule has 0 bridgehead atoms. The third kappa shape index (κ3) is 9.41. The van der Waals surface area contributed by atoms with E-state index in [0.717, 1.165) is 64.5 Å². The molecule has 2 atom stereocenters. The molecule has 11 nitrogen and oxygen atoms in total. The van der Waals surface area contributed by atoms with E-state index in [-0.39, 0.29) is 12.1 Å². The molecule has 0 radical (unpaired) electrons. The molecule has 248 valence electrons. The number of nitrogen functional groups attached to an aromatic ring is 1. The van der Waals surface area contributed by atoms with Crippen molar-refractivity contribution in [1.29, 1.82) is 5.26 Å². The van der Waals surface area contributed by atoms with E-state index in [1.807, 2.05) is 91.7 Å². The highest BCUT2D eigenvalue weighted by molar-refractivity contribution is 6.58. The molecule has 7 rings (SSSR count). The Labute approximate surface area is 286 Å². The summed E-state index contributed by atoms with van der Waals surface area (Å²) in [5.41, 5.74) is 14.1. The summed E-state index contributed by atoms with van der Waals surface area (Å²) < 4.78 is 0. The van der Waals surface area contributed by atoms with Crippen LogP contribution in [0.3, 0.4) is 0 Å². The number of fused-ring (bicyclic) bond motifs is 1. The summed E-state index contributed by atoms with van der Waals surface area (Å²) >= 11 is 0. The number of nitrogens with one attached hydrogen (secondary N) is 1. The Morgan fingerprint density at radius 2 is 1.47 bits per heavy atom. The number of rotatable bonds is 4. The maximum atomic E-state index is 12.8. The zero-order valence-electron chi connectivity index (χ0n) is 27.5. The molecule has 3 aromatic heterocycles. The molecule has 2 amide bonds. The normalized spacial score (nSPS) is 15.9. The average Bonchev–Trinajstić information content (AvgIpc) is 3.70. The standard InChI is InChI=1S/C20H21N5O.C12H12N2.C5H6BNO2/c1-14-9-16(5-7-22-14)15-3-2-4-18(10-15)23-20(26)25-8-6-17-11-24(13-21)12-19(17)25;1-9-7-11(5-6-14-9)10-3-2-4-12(13)8-10;8-6(9)5-1-3-7-4-2-5/h2-5,7,9-10,17,19H,6,8,11-12H2,1H3,(H,23,26);2-8H,13H2,1H3;1-4,8-9H/t17-,19+;;/m1../s1. The van der Waals surface area contributed by atoms with Gasteiger partial charge in [-0.1, -0.05) is 24.3 Å². The Hall–Kier alpha value is -5.77. The van der Waals surface area contributed by atoms with Gasteiger partial charge in [-0.15, -0.1) is 0 Å². The van der Waals surface area contributed by atoms with E-state index in [4.69, 9.17) is 21.0 Å². The largest absolute Gasteiger partial charge is 0.488 e. The van der Waals surface area contributed by atoms with E-state index in [1.54, 1.807) is 23.2 Å². The Balaban J connectivity index is 0.000000169. The number of hydrogen-bond acceptors (Lipinski definition) is 9. The fourth-order valence-electron chi connectivity index (χ4n) is 5.97. The second kappa shape index (κ2) is 16.4. The number of anilines is 2. The first kappa shape index (κ1) is 34.6. The van der Waals surface area contributed by atoms with Crippen molar-refractivity contribution in [3.63, 3.8) is 0 Å². The number of urea groups is 1. The number of nitrogens with two attached hydrogens (primary N) is 1. The monoisotopic (exact) mass is 654 g/mol. The summed E-state index contributed by atoms with van der Waals surface area (Å²) in [6.45, 7) is 6.11. The van der Waals surface area contributed by atoms with Crippen LogP contribution in [-0.4, -0.2) is 73.6 Å². The molecular weight excluding hydrogens is 615 g/mol. The first-order valence-corrected chi connectivity index (χ1v) is 16.0. The van der Waals surface area contributed by atoms with Gasteiger partial charge in [-0.3, -0.25) is 15.0 Å². The van der Waals surface area contributed by atoms with Crippen LogP contribution >= 0.6 is 0 Å². The third-order valence-corrected chi connectivity index (χ3v) is 8.41. The van der Waals surface area contributed by atoms with Crippen LogP contribution in [-0.2, 0) is 0 Å². The van der Waals surface area contributed by atoms with Gasteiger partial charge in [0.25, 0.3) is 0 Å². The number of hydrogen-bond donors (Lipinski definition) is 4. The first-order valence-electron chi connectivity index (χ1n) is 16.0. The van der Waals surface area contributed by atoms with Gasteiger partial charge in [0.15, 0.2) is 6.19 Å². The number of carbonyl (C=O) groups is 1. The van der Waals surface area contributed by atoms with Crippen molar-refractivity contribution < 1.29 is 14.8 Å². The molecule has 0 spiro atoms. The second-order valence-electron chi connectivity index (χ2n) is 12.0. The van der Waals surface area contributed by atoms with Gasteiger partial charge in [0.1, 0.15) is 0 Å². The number of pyridine rings is 3. The van der Waals surface area contributed by atoms with E-state index in [9.17, 15) is 4.79 Å². The van der Waals surface area contributed by atoms with Crippen LogP contribution in [0.2, 0.25) is 0 Å². The fraction of sp³-hybridized carbons (Fsp3) is 0.216. The van der Waals surface area contributed by atoms with Crippen molar-refractivity contribution in [2.45, 2.75) is 26.3 Å². The van der Waals surface area contributed by atoms with Crippen LogP contribution in [0.1, 0.15) is 17.8 Å². The average molecular weight is 655 g/mol. The van der Waals surface area contributed by atoms with Gasteiger partial charge in [0, 0.05) is 73.1 Å². The number of nitrogens with zero attached hydrogens (tertiary/aromatic N) is 6. The number of aryl methyl sites for hydroxylation is 2. The number of aromatic nitrogens is 3. The van der Waals surface area contributed by atoms with Crippen molar-refractivity contribution in [3.05, 3.63) is 121 Å². The zero-order valence-corrected chi connectivity index (χ0v) is 27.5. The Bertz CT molecular complexity index is 1860. The molecule has 2 saturated heterocycles. The molecule has 12 heteroatoms. The van der Waals surface area contributed by atoms with Crippen LogP contribution in [0.4, 0.5) is 16.2 Å². The smallest absolute Gasteiger partial charge is 0.423 e. The minimum Gasteiger partial charge on any atom is -0.423 e. The summed E-state index contributed by atoms with van der Waals surface area (Å²) in [6.07, 6.45) is 9.79. The summed E-state index contributed by atoms with van der Waals surface area (Å²) in [5.74, 6) is 0.409.